The molecule has 3 fully saturated rings. The van der Waals surface area contributed by atoms with Crippen LogP contribution in [-0.4, -0.2) is 117 Å². The third-order valence-corrected chi connectivity index (χ3v) is 12.5. The number of thiazole rings is 1. The van der Waals surface area contributed by atoms with Gasteiger partial charge in [-0.3, -0.25) is 14.4 Å². The number of hydrogen-bond donors (Lipinski definition) is 5. The lowest BCUT2D eigenvalue weighted by Gasteiger charge is -2.38. The van der Waals surface area contributed by atoms with Gasteiger partial charge in [-0.1, -0.05) is 40.7 Å². The van der Waals surface area contributed by atoms with Crippen molar-refractivity contribution in [3.05, 3.63) is 42.3 Å². The lowest BCUT2D eigenvalue weighted by Crippen LogP contribution is -2.60. The minimum absolute atomic E-state index is 0.0352. The number of aliphatic carboxylic acids is 1. The van der Waals surface area contributed by atoms with Crippen LogP contribution in [0.2, 0.25) is 0 Å². The summed E-state index contributed by atoms with van der Waals surface area (Å²) < 4.78 is 12.2. The minimum Gasteiger partial charge on any atom is -0.497 e. The molecule has 4 heterocycles. The number of nitrogens with zero attached hydrogens (tertiary/aromatic N) is 4. The molecule has 0 spiro atoms. The SMILES string of the molecule is C=CC1C[C@]1(NC(=O)[C@@H]1C[C@@H](Oc2cc(-c3csc(NC(C)C)n3)nc3cc(OC)ccc23)CN1C(=O)[C@@H](NC(=O)N[C@H](CN1CCCCC1=O)C(C)(C)C)C(C)C)C(=O)O. The van der Waals surface area contributed by atoms with Gasteiger partial charge in [0.1, 0.15) is 40.9 Å². The van der Waals surface area contributed by atoms with Gasteiger partial charge in [-0.25, -0.2) is 19.6 Å². The average Bonchev–Trinajstić information content (AvgIpc) is 3.47. The fourth-order valence-corrected chi connectivity index (χ4v) is 8.81. The van der Waals surface area contributed by atoms with Crippen LogP contribution in [-0.2, 0) is 19.2 Å². The van der Waals surface area contributed by atoms with Crippen LogP contribution in [0.15, 0.2) is 42.3 Å². The Morgan fingerprint density at radius 3 is 2.46 bits per heavy atom. The molecule has 0 radical (unpaired) electrons. The van der Waals surface area contributed by atoms with E-state index in [0.29, 0.717) is 53.3 Å². The summed E-state index contributed by atoms with van der Waals surface area (Å²) in [6, 6.07) is 4.17. The maximum absolute atomic E-state index is 14.7. The molecule has 3 aliphatic rings. The third kappa shape index (κ3) is 10.2. The molecule has 6 rings (SSSR count). The van der Waals surface area contributed by atoms with Crippen molar-refractivity contribution < 1.29 is 38.6 Å². The second-order valence-electron chi connectivity index (χ2n) is 18.1. The molecule has 2 saturated heterocycles. The number of carbonyl (C=O) groups is 5. The third-order valence-electron chi connectivity index (χ3n) is 11.7. The lowest BCUT2D eigenvalue weighted by molar-refractivity contribution is -0.145. The van der Waals surface area contributed by atoms with Crippen molar-refractivity contribution in [2.75, 3.05) is 32.1 Å². The molecule has 2 aromatic heterocycles. The first-order valence-corrected chi connectivity index (χ1v) is 21.9. The zero-order valence-corrected chi connectivity index (χ0v) is 37.2. The predicted molar refractivity (Wildman–Crippen MR) is 233 cm³/mol. The lowest BCUT2D eigenvalue weighted by atomic mass is 9.86. The highest BCUT2D eigenvalue weighted by atomic mass is 32.1. The van der Waals surface area contributed by atoms with Crippen molar-refractivity contribution in [2.24, 2.45) is 17.3 Å². The fraction of sp³-hybridized carbons (Fsp3) is 0.568. The van der Waals surface area contributed by atoms with Gasteiger partial charge in [0.15, 0.2) is 5.13 Å². The van der Waals surface area contributed by atoms with Gasteiger partial charge in [0, 0.05) is 60.8 Å². The first-order valence-electron chi connectivity index (χ1n) is 21.0. The van der Waals surface area contributed by atoms with E-state index in [4.69, 9.17) is 19.4 Å². The molecule has 1 saturated carbocycles. The topological polar surface area (TPSA) is 204 Å². The summed E-state index contributed by atoms with van der Waals surface area (Å²) >= 11 is 1.45. The number of pyridine rings is 1. The second kappa shape index (κ2) is 18.3. The summed E-state index contributed by atoms with van der Waals surface area (Å²) in [7, 11) is 1.57. The molecular weight excluding hydrogens is 801 g/mol. The molecular formula is C44H60N8O8S. The number of carboxylic acid groups (broad SMARTS) is 1. The van der Waals surface area contributed by atoms with Crippen molar-refractivity contribution in [3.63, 3.8) is 0 Å². The highest BCUT2D eigenvalue weighted by Gasteiger charge is 2.61. The van der Waals surface area contributed by atoms with Gasteiger partial charge >= 0.3 is 12.0 Å². The Balaban J connectivity index is 1.29. The number of anilines is 1. The predicted octanol–water partition coefficient (Wildman–Crippen LogP) is 5.43. The molecule has 1 unspecified atom stereocenters. The number of likely N-dealkylation sites (tertiary alicyclic amines) is 2. The molecule has 17 heteroatoms. The Labute approximate surface area is 361 Å². The van der Waals surface area contributed by atoms with E-state index in [1.54, 1.807) is 44.1 Å². The minimum atomic E-state index is -1.54. The molecule has 5 N–H and O–H groups in total. The van der Waals surface area contributed by atoms with E-state index in [-0.39, 0.29) is 31.3 Å². The van der Waals surface area contributed by atoms with E-state index in [2.05, 4.69) is 27.8 Å². The Bertz CT molecular complexity index is 2150. The van der Waals surface area contributed by atoms with E-state index in [1.165, 1.54) is 22.3 Å². The number of hydrogen-bond acceptors (Lipinski definition) is 11. The molecule has 1 aromatic carbocycles. The van der Waals surface area contributed by atoms with Crippen LogP contribution in [0, 0.1) is 17.3 Å². The summed E-state index contributed by atoms with van der Waals surface area (Å²) in [5, 5.41) is 25.4. The number of rotatable bonds is 16. The first kappa shape index (κ1) is 45.1. The molecule has 6 atom stereocenters. The first-order chi connectivity index (χ1) is 28.8. The summed E-state index contributed by atoms with van der Waals surface area (Å²) in [5.41, 5.74) is -0.199. The Kier molecular flexibility index (Phi) is 13.5. The van der Waals surface area contributed by atoms with Crippen LogP contribution in [0.3, 0.4) is 0 Å². The van der Waals surface area contributed by atoms with Gasteiger partial charge in [-0.2, -0.15) is 0 Å². The number of carbonyl (C=O) groups excluding carboxylic acids is 4. The Morgan fingerprint density at radius 1 is 1.08 bits per heavy atom. The van der Waals surface area contributed by atoms with Gasteiger partial charge in [-0.05, 0) is 56.6 Å². The fourth-order valence-electron chi connectivity index (χ4n) is 7.95. The summed E-state index contributed by atoms with van der Waals surface area (Å²) in [5.74, 6) is -2.15. The summed E-state index contributed by atoms with van der Waals surface area (Å²) in [6.07, 6.45) is 3.20. The molecule has 0 bridgehead atoms. The number of fused-ring (bicyclic) bond motifs is 1. The van der Waals surface area contributed by atoms with E-state index in [9.17, 15) is 29.1 Å². The number of amides is 5. The van der Waals surface area contributed by atoms with Crippen molar-refractivity contribution in [2.45, 2.75) is 116 Å². The quantitative estimate of drug-likeness (QED) is 0.115. The zero-order chi connectivity index (χ0) is 44.4. The van der Waals surface area contributed by atoms with Gasteiger partial charge in [0.25, 0.3) is 0 Å². The summed E-state index contributed by atoms with van der Waals surface area (Å²) in [6.45, 7) is 18.2. The van der Waals surface area contributed by atoms with Gasteiger partial charge < -0.3 is 45.6 Å². The highest BCUT2D eigenvalue weighted by Crippen LogP contribution is 2.45. The molecule has 3 aromatic rings. The number of methoxy groups -OCH3 is 1. The van der Waals surface area contributed by atoms with Gasteiger partial charge in [0.2, 0.25) is 17.7 Å². The van der Waals surface area contributed by atoms with Crippen LogP contribution >= 0.6 is 11.3 Å². The van der Waals surface area contributed by atoms with Crippen LogP contribution in [0.1, 0.15) is 80.6 Å². The second-order valence-corrected chi connectivity index (χ2v) is 18.9. The monoisotopic (exact) mass is 860 g/mol. The van der Waals surface area contributed by atoms with E-state index < -0.39 is 70.8 Å². The van der Waals surface area contributed by atoms with Gasteiger partial charge in [0.05, 0.1) is 30.9 Å². The van der Waals surface area contributed by atoms with Crippen LogP contribution in [0.25, 0.3) is 22.3 Å². The Morgan fingerprint density at radius 2 is 1.84 bits per heavy atom. The maximum atomic E-state index is 14.7. The highest BCUT2D eigenvalue weighted by molar-refractivity contribution is 7.14. The van der Waals surface area contributed by atoms with Gasteiger partial charge in [-0.15, -0.1) is 17.9 Å². The normalized spacial score (nSPS) is 22.5. The molecule has 5 amide bonds. The molecule has 330 valence electrons. The molecule has 16 nitrogen and oxygen atoms in total. The van der Waals surface area contributed by atoms with E-state index in [1.807, 2.05) is 46.1 Å². The number of ether oxygens (including phenoxy) is 2. The number of urea groups is 1. The standard InChI is InChI=1S/C44H60N8O8S/c1-10-26-20-44(26,40(56)57)50-38(54)33-18-28(60-34-19-31(32-23-61-42(47-32)45-25(4)5)46-30-17-27(59-9)14-15-29(30)34)21-52(33)39(55)37(24(2)3)49-41(58)48-35(43(6,7)8)22-51-16-12-11-13-36(51)53/h10,14-15,17,19,23-26,28,33,35,37H,1,11-13,16,18,20-22H2,2-9H3,(H,45,47)(H,50,54)(H,56,57)(H2,48,49,58)/t26?,28-,33+,35-,37+,44-/m1/s1. The van der Waals surface area contributed by atoms with Crippen molar-refractivity contribution in [3.8, 4) is 22.9 Å². The number of carboxylic acids is 1. The Hall–Kier alpha value is -5.45. The van der Waals surface area contributed by atoms with Crippen molar-refractivity contribution in [1.82, 2.24) is 35.7 Å². The zero-order valence-electron chi connectivity index (χ0n) is 36.4. The number of benzene rings is 1. The van der Waals surface area contributed by atoms with Crippen molar-refractivity contribution >= 4 is 57.1 Å². The summed E-state index contributed by atoms with van der Waals surface area (Å²) in [4.78, 5) is 80.7. The number of nitrogens with one attached hydrogen (secondary N) is 4. The largest absolute Gasteiger partial charge is 0.497 e. The van der Waals surface area contributed by atoms with E-state index in [0.717, 1.165) is 18.0 Å². The van der Waals surface area contributed by atoms with Crippen molar-refractivity contribution in [1.29, 1.82) is 0 Å². The average molecular weight is 861 g/mol. The number of piperidine rings is 1. The van der Waals surface area contributed by atoms with Crippen LogP contribution < -0.4 is 30.7 Å². The van der Waals surface area contributed by atoms with Crippen LogP contribution in [0.5, 0.6) is 11.5 Å². The maximum Gasteiger partial charge on any atom is 0.330 e. The van der Waals surface area contributed by atoms with E-state index >= 15 is 0 Å². The van der Waals surface area contributed by atoms with Crippen LogP contribution in [0.4, 0.5) is 9.93 Å². The molecule has 2 aliphatic heterocycles. The number of aromatic nitrogens is 2. The molecule has 61 heavy (non-hydrogen) atoms. The smallest absolute Gasteiger partial charge is 0.330 e. The molecule has 1 aliphatic carbocycles.